The van der Waals surface area contributed by atoms with Crippen molar-refractivity contribution < 1.29 is 14.0 Å². The molecule has 3 amide bonds. The first-order chi connectivity index (χ1) is 7.50. The molecule has 86 valence electrons. The maximum atomic E-state index is 12.6. The summed E-state index contributed by atoms with van der Waals surface area (Å²) in [7, 11) is 1.33. The van der Waals surface area contributed by atoms with Crippen LogP contribution in [-0.2, 0) is 11.2 Å². The smallest absolute Gasteiger partial charge is 0.321 e. The van der Waals surface area contributed by atoms with Crippen LogP contribution in [0.25, 0.3) is 0 Å². The number of rotatable bonds is 3. The zero-order valence-electron chi connectivity index (χ0n) is 8.94. The number of nitrogens with two attached hydrogens (primary N) is 1. The Kier molecular flexibility index (Phi) is 3.99. The van der Waals surface area contributed by atoms with E-state index in [1.54, 1.807) is 12.1 Å². The third-order valence-corrected chi connectivity index (χ3v) is 2.25. The molecule has 5 heteroatoms. The first-order valence-electron chi connectivity index (χ1n) is 4.81. The molecule has 0 saturated carbocycles. The highest BCUT2D eigenvalue weighted by Gasteiger charge is 2.12. The molecule has 4 nitrogen and oxygen atoms in total. The van der Waals surface area contributed by atoms with Crippen molar-refractivity contribution in [1.29, 1.82) is 0 Å². The quantitative estimate of drug-likeness (QED) is 0.841. The predicted molar refractivity (Wildman–Crippen MR) is 57.1 cm³/mol. The molecule has 0 radical (unpaired) electrons. The molecule has 0 heterocycles. The van der Waals surface area contributed by atoms with Crippen LogP contribution in [0.4, 0.5) is 9.18 Å². The highest BCUT2D eigenvalue weighted by Crippen LogP contribution is 2.06. The zero-order valence-corrected chi connectivity index (χ0v) is 8.94. The van der Waals surface area contributed by atoms with Gasteiger partial charge < -0.3 is 5.73 Å². The summed E-state index contributed by atoms with van der Waals surface area (Å²) < 4.78 is 12.6. The van der Waals surface area contributed by atoms with Gasteiger partial charge in [0.05, 0.1) is 0 Å². The summed E-state index contributed by atoms with van der Waals surface area (Å²) in [6.45, 7) is 0. The molecule has 1 aromatic rings. The molecule has 0 saturated heterocycles. The molecule has 0 aromatic heterocycles. The summed E-state index contributed by atoms with van der Waals surface area (Å²) in [6, 6.07) is 5.10. The lowest BCUT2D eigenvalue weighted by molar-refractivity contribution is -0.127. The van der Waals surface area contributed by atoms with Crippen molar-refractivity contribution in [2.75, 3.05) is 7.05 Å². The van der Waals surface area contributed by atoms with Crippen LogP contribution in [0.5, 0.6) is 0 Å². The van der Waals surface area contributed by atoms with Crippen LogP contribution < -0.4 is 5.73 Å². The van der Waals surface area contributed by atoms with Crippen molar-refractivity contribution in [2.24, 2.45) is 5.73 Å². The molecule has 0 aliphatic heterocycles. The molecule has 1 rings (SSSR count). The number of hydrogen-bond acceptors (Lipinski definition) is 2. The largest absolute Gasteiger partial charge is 0.351 e. The van der Waals surface area contributed by atoms with Crippen molar-refractivity contribution >= 4 is 11.9 Å². The lowest BCUT2D eigenvalue weighted by Crippen LogP contribution is -2.37. The first kappa shape index (κ1) is 12.2. The van der Waals surface area contributed by atoms with Gasteiger partial charge in [-0.15, -0.1) is 0 Å². The molecule has 1 aromatic carbocycles. The molecule has 2 N–H and O–H groups in total. The van der Waals surface area contributed by atoms with E-state index in [0.29, 0.717) is 6.42 Å². The average molecular weight is 224 g/mol. The summed E-state index contributed by atoms with van der Waals surface area (Å²) in [5.41, 5.74) is 5.78. The molecule has 0 bridgehead atoms. The Morgan fingerprint density at radius 2 is 1.88 bits per heavy atom. The van der Waals surface area contributed by atoms with Gasteiger partial charge in [0, 0.05) is 13.5 Å². The van der Waals surface area contributed by atoms with E-state index in [-0.39, 0.29) is 18.1 Å². The maximum Gasteiger partial charge on any atom is 0.321 e. The van der Waals surface area contributed by atoms with E-state index < -0.39 is 6.03 Å². The summed E-state index contributed by atoms with van der Waals surface area (Å²) >= 11 is 0. The van der Waals surface area contributed by atoms with Gasteiger partial charge in [0.25, 0.3) is 0 Å². The minimum Gasteiger partial charge on any atom is -0.351 e. The Morgan fingerprint density at radius 3 is 2.38 bits per heavy atom. The van der Waals surface area contributed by atoms with Crippen LogP contribution in [0.15, 0.2) is 24.3 Å². The van der Waals surface area contributed by atoms with Gasteiger partial charge >= 0.3 is 6.03 Å². The molecule has 0 aliphatic rings. The minimum absolute atomic E-state index is 0.172. The normalized spacial score (nSPS) is 9.88. The second-order valence-electron chi connectivity index (χ2n) is 3.42. The molecular formula is C11H13FN2O2. The third-order valence-electron chi connectivity index (χ3n) is 2.25. The zero-order chi connectivity index (χ0) is 12.1. The predicted octanol–water partition coefficient (Wildman–Crippen LogP) is 1.30. The van der Waals surface area contributed by atoms with Crippen molar-refractivity contribution in [3.8, 4) is 0 Å². The van der Waals surface area contributed by atoms with Gasteiger partial charge in [0.15, 0.2) is 0 Å². The van der Waals surface area contributed by atoms with Crippen LogP contribution >= 0.6 is 0 Å². The summed E-state index contributed by atoms with van der Waals surface area (Å²) in [4.78, 5) is 22.9. The molecule has 0 spiro atoms. The Bertz CT molecular complexity index is 389. The lowest BCUT2D eigenvalue weighted by atomic mass is 10.1. The fourth-order valence-corrected chi connectivity index (χ4v) is 1.19. The van der Waals surface area contributed by atoms with Gasteiger partial charge in [0.1, 0.15) is 5.82 Å². The fourth-order valence-electron chi connectivity index (χ4n) is 1.19. The van der Waals surface area contributed by atoms with Crippen LogP contribution in [0.1, 0.15) is 12.0 Å². The van der Waals surface area contributed by atoms with Crippen molar-refractivity contribution in [1.82, 2.24) is 4.90 Å². The average Bonchev–Trinajstić information content (AvgIpc) is 2.26. The number of benzene rings is 1. The van der Waals surface area contributed by atoms with Crippen molar-refractivity contribution in [3.05, 3.63) is 35.6 Å². The second-order valence-corrected chi connectivity index (χ2v) is 3.42. The number of carbonyl (C=O) groups is 2. The molecule has 0 fully saturated rings. The highest BCUT2D eigenvalue weighted by molar-refractivity contribution is 5.93. The van der Waals surface area contributed by atoms with E-state index in [1.165, 1.54) is 19.2 Å². The molecule has 0 aliphatic carbocycles. The monoisotopic (exact) mass is 224 g/mol. The molecular weight excluding hydrogens is 211 g/mol. The van der Waals surface area contributed by atoms with E-state index in [2.05, 4.69) is 0 Å². The highest BCUT2D eigenvalue weighted by atomic mass is 19.1. The van der Waals surface area contributed by atoms with Crippen LogP contribution in [0.2, 0.25) is 0 Å². The number of hydrogen-bond donors (Lipinski definition) is 1. The number of halogens is 1. The van der Waals surface area contributed by atoms with Crippen LogP contribution in [-0.4, -0.2) is 23.9 Å². The minimum atomic E-state index is -0.774. The third kappa shape index (κ3) is 3.34. The Balaban J connectivity index is 2.49. The summed E-state index contributed by atoms with van der Waals surface area (Å²) in [5, 5.41) is 0. The number of carbonyl (C=O) groups excluding carboxylic acids is 2. The van der Waals surface area contributed by atoms with Gasteiger partial charge in [-0.05, 0) is 24.1 Å². The number of primary amides is 1. The number of imide groups is 1. The summed E-state index contributed by atoms with van der Waals surface area (Å²) in [5.74, 6) is -0.666. The number of nitrogens with zero attached hydrogens (tertiary/aromatic N) is 1. The molecule has 16 heavy (non-hydrogen) atoms. The van der Waals surface area contributed by atoms with E-state index >= 15 is 0 Å². The van der Waals surface area contributed by atoms with Gasteiger partial charge in [-0.25, -0.2) is 9.18 Å². The molecule has 0 atom stereocenters. The SMILES string of the molecule is CN(C(N)=O)C(=O)CCc1ccc(F)cc1. The number of aryl methyl sites for hydroxylation is 1. The number of amides is 3. The second kappa shape index (κ2) is 5.25. The Labute approximate surface area is 92.8 Å². The van der Waals surface area contributed by atoms with E-state index in [4.69, 9.17) is 5.73 Å². The Hall–Kier alpha value is -1.91. The van der Waals surface area contributed by atoms with Crippen molar-refractivity contribution in [2.45, 2.75) is 12.8 Å². The van der Waals surface area contributed by atoms with Gasteiger partial charge in [0.2, 0.25) is 5.91 Å². The van der Waals surface area contributed by atoms with Gasteiger partial charge in [-0.2, -0.15) is 0 Å². The first-order valence-corrected chi connectivity index (χ1v) is 4.81. The van der Waals surface area contributed by atoms with Crippen LogP contribution in [0, 0.1) is 5.82 Å². The number of urea groups is 1. The van der Waals surface area contributed by atoms with Crippen molar-refractivity contribution in [3.63, 3.8) is 0 Å². The fraction of sp³-hybridized carbons (Fsp3) is 0.273. The van der Waals surface area contributed by atoms with E-state index in [0.717, 1.165) is 10.5 Å². The lowest BCUT2D eigenvalue weighted by Gasteiger charge is -2.11. The van der Waals surface area contributed by atoms with Gasteiger partial charge in [-0.1, -0.05) is 12.1 Å². The van der Waals surface area contributed by atoms with Crippen LogP contribution in [0.3, 0.4) is 0 Å². The molecule has 0 unspecified atom stereocenters. The standard InChI is InChI=1S/C11H13FN2O2/c1-14(11(13)16)10(15)7-4-8-2-5-9(12)6-3-8/h2-3,5-6H,4,7H2,1H3,(H2,13,16). The van der Waals surface area contributed by atoms with E-state index in [9.17, 15) is 14.0 Å². The Morgan fingerprint density at radius 1 is 1.31 bits per heavy atom. The topological polar surface area (TPSA) is 63.4 Å². The maximum absolute atomic E-state index is 12.6. The van der Waals surface area contributed by atoms with E-state index in [1.807, 2.05) is 0 Å². The van der Waals surface area contributed by atoms with Gasteiger partial charge in [-0.3, -0.25) is 9.69 Å². The summed E-state index contributed by atoms with van der Waals surface area (Å²) in [6.07, 6.45) is 0.627.